The third kappa shape index (κ3) is 9.70. The second kappa shape index (κ2) is 17.2. The van der Waals surface area contributed by atoms with Gasteiger partial charge in [-0.15, -0.1) is 0 Å². The maximum Gasteiger partial charge on any atom is 0.244 e. The van der Waals surface area contributed by atoms with E-state index in [0.29, 0.717) is 74.6 Å². The van der Waals surface area contributed by atoms with Crippen molar-refractivity contribution in [3.05, 3.63) is 100 Å². The first kappa shape index (κ1) is 34.3. The van der Waals surface area contributed by atoms with Crippen molar-refractivity contribution in [1.82, 2.24) is 5.32 Å². The van der Waals surface area contributed by atoms with Crippen LogP contribution in [0.2, 0.25) is 5.02 Å². The Labute approximate surface area is 266 Å². The molecule has 2 saturated heterocycles. The van der Waals surface area contributed by atoms with Crippen molar-refractivity contribution in [2.45, 2.75) is 12.1 Å². The van der Waals surface area contributed by atoms with E-state index in [1.165, 1.54) is 18.2 Å². The van der Waals surface area contributed by atoms with Crippen LogP contribution in [0.25, 0.3) is 6.08 Å². The van der Waals surface area contributed by atoms with Crippen molar-refractivity contribution in [2.75, 3.05) is 75.6 Å². The van der Waals surface area contributed by atoms with Crippen molar-refractivity contribution in [3.8, 4) is 0 Å². The average Bonchev–Trinajstić information content (AvgIpc) is 3.08. The minimum atomic E-state index is -0.649. The number of hydrogen-bond acceptors (Lipinski definition) is 8. The van der Waals surface area contributed by atoms with E-state index < -0.39 is 12.1 Å². The summed E-state index contributed by atoms with van der Waals surface area (Å²) < 4.78 is 38.5. The zero-order valence-electron chi connectivity index (χ0n) is 24.9. The number of carbonyl (C=O) groups excluding carboxylic acids is 1. The number of nitrogens with two attached hydrogens (primary N) is 1. The number of nitrogens with one attached hydrogen (secondary N) is 1. The summed E-state index contributed by atoms with van der Waals surface area (Å²) >= 11 is 6.07. The van der Waals surface area contributed by atoms with Gasteiger partial charge in [-0.05, 0) is 53.1 Å². The number of rotatable bonds is 9. The normalized spacial score (nSPS) is 16.6. The number of halogens is 3. The van der Waals surface area contributed by atoms with E-state index in [1.54, 1.807) is 42.5 Å². The van der Waals surface area contributed by atoms with E-state index in [4.69, 9.17) is 31.9 Å². The van der Waals surface area contributed by atoms with Gasteiger partial charge in [-0.1, -0.05) is 41.9 Å². The molecule has 0 spiro atoms. The number of carbonyl (C=O) groups is 1. The highest BCUT2D eigenvalue weighted by Crippen LogP contribution is 2.26. The van der Waals surface area contributed by atoms with Gasteiger partial charge in [0.15, 0.2) is 0 Å². The summed E-state index contributed by atoms with van der Waals surface area (Å²) in [6.45, 7) is 4.38. The first-order chi connectivity index (χ1) is 21.8. The third-order valence-electron chi connectivity index (χ3n) is 7.49. The molecule has 0 saturated carbocycles. The molecule has 0 aromatic heterocycles. The van der Waals surface area contributed by atoms with Crippen LogP contribution in [0.3, 0.4) is 0 Å². The van der Waals surface area contributed by atoms with Crippen LogP contribution in [-0.4, -0.2) is 81.9 Å². The van der Waals surface area contributed by atoms with Crippen molar-refractivity contribution in [3.63, 3.8) is 0 Å². The number of ether oxygens (including phenoxy) is 2. The molecule has 9 nitrogen and oxygen atoms in total. The first-order valence-corrected chi connectivity index (χ1v) is 15.1. The second-order valence-electron chi connectivity index (χ2n) is 10.5. The van der Waals surface area contributed by atoms with Gasteiger partial charge in [-0.2, -0.15) is 0 Å². The second-order valence-corrected chi connectivity index (χ2v) is 10.9. The molecule has 5 N–H and O–H groups in total. The van der Waals surface area contributed by atoms with E-state index >= 15 is 0 Å². The number of morpholine rings is 2. The van der Waals surface area contributed by atoms with Crippen molar-refractivity contribution in [2.24, 2.45) is 5.73 Å². The summed E-state index contributed by atoms with van der Waals surface area (Å²) in [5.41, 5.74) is 8.80. The molecule has 0 unspecified atom stereocenters. The number of nitrogens with zero attached hydrogens (tertiary/aromatic N) is 2. The zero-order chi connectivity index (χ0) is 32.2. The van der Waals surface area contributed by atoms with Gasteiger partial charge in [0.2, 0.25) is 5.91 Å². The molecule has 2 aliphatic rings. The fourth-order valence-electron chi connectivity index (χ4n) is 4.94. The standard InChI is InChI=1S/C21H22ClFN2O3.C12H17FN2O2/c22-17-4-2-1-3-15(17)6-8-21(27)24-19(14-26)16-5-7-18(23)20(13-16)25-9-11-28-12-10-25;13-10-2-1-9(11(14)8-16)7-12(10)15-3-5-17-6-4-15/h1-8,13,19,26H,9-12,14H2,(H,24,27);1-2,7,11,16H,3-6,8,14H2/b8-6+;/t19-;11-/m00/s1. The Kier molecular flexibility index (Phi) is 13.1. The maximum atomic E-state index is 14.3. The molecule has 2 fully saturated rings. The molecule has 12 heteroatoms. The summed E-state index contributed by atoms with van der Waals surface area (Å²) in [6.07, 6.45) is 2.96. The molecular formula is C33H39ClF2N4O5. The van der Waals surface area contributed by atoms with Gasteiger partial charge >= 0.3 is 0 Å². The lowest BCUT2D eigenvalue weighted by molar-refractivity contribution is -0.117. The van der Waals surface area contributed by atoms with Crippen LogP contribution in [0.15, 0.2) is 66.7 Å². The molecule has 2 aliphatic heterocycles. The van der Waals surface area contributed by atoms with E-state index in [9.17, 15) is 18.7 Å². The van der Waals surface area contributed by atoms with Gasteiger partial charge in [0.25, 0.3) is 0 Å². The van der Waals surface area contributed by atoms with Crippen LogP contribution in [0.5, 0.6) is 0 Å². The SMILES string of the molecule is N[C@@H](CO)c1ccc(F)c(N2CCOCC2)c1.O=C(/C=C/c1ccccc1Cl)N[C@@H](CO)c1ccc(F)c(N2CCOCC2)c1. The summed E-state index contributed by atoms with van der Waals surface area (Å²) in [5, 5.41) is 22.0. The molecule has 3 aromatic carbocycles. The molecular weight excluding hydrogens is 606 g/mol. The van der Waals surface area contributed by atoms with Crippen LogP contribution < -0.4 is 20.9 Å². The molecule has 1 amide bonds. The molecule has 5 rings (SSSR count). The minimum Gasteiger partial charge on any atom is -0.394 e. The maximum absolute atomic E-state index is 14.3. The predicted molar refractivity (Wildman–Crippen MR) is 171 cm³/mol. The Bertz CT molecular complexity index is 1430. The van der Waals surface area contributed by atoms with Gasteiger partial charge in [-0.3, -0.25) is 4.79 Å². The van der Waals surface area contributed by atoms with Crippen LogP contribution in [-0.2, 0) is 14.3 Å². The van der Waals surface area contributed by atoms with Gasteiger partial charge in [-0.25, -0.2) is 8.78 Å². The Morgan fingerprint density at radius 2 is 1.40 bits per heavy atom. The Morgan fingerprint density at radius 1 is 0.867 bits per heavy atom. The van der Waals surface area contributed by atoms with Crippen LogP contribution >= 0.6 is 11.6 Å². The van der Waals surface area contributed by atoms with Crippen LogP contribution in [0.1, 0.15) is 28.8 Å². The highest BCUT2D eigenvalue weighted by Gasteiger charge is 2.20. The van der Waals surface area contributed by atoms with E-state index in [2.05, 4.69) is 5.32 Å². The van der Waals surface area contributed by atoms with Crippen molar-refractivity contribution < 1.29 is 33.3 Å². The van der Waals surface area contributed by atoms with Gasteiger partial charge in [0, 0.05) is 37.3 Å². The number of aliphatic hydroxyl groups excluding tert-OH is 2. The van der Waals surface area contributed by atoms with Gasteiger partial charge < -0.3 is 40.5 Å². The highest BCUT2D eigenvalue weighted by molar-refractivity contribution is 6.32. The fraction of sp³-hybridized carbons (Fsp3) is 0.364. The molecule has 2 atom stereocenters. The highest BCUT2D eigenvalue weighted by atomic mass is 35.5. The molecule has 0 aliphatic carbocycles. The van der Waals surface area contributed by atoms with E-state index in [0.717, 1.165) is 11.1 Å². The third-order valence-corrected chi connectivity index (χ3v) is 7.83. The van der Waals surface area contributed by atoms with Crippen LogP contribution in [0, 0.1) is 11.6 Å². The average molecular weight is 645 g/mol. The predicted octanol–water partition coefficient (Wildman–Crippen LogP) is 3.83. The summed E-state index contributed by atoms with van der Waals surface area (Å²) in [6, 6.07) is 15.4. The van der Waals surface area contributed by atoms with Gasteiger partial charge in [0.05, 0.1) is 63.1 Å². The first-order valence-electron chi connectivity index (χ1n) is 14.8. The van der Waals surface area contributed by atoms with Crippen molar-refractivity contribution >= 4 is 35.0 Å². The number of amides is 1. The molecule has 242 valence electrons. The molecule has 3 aromatic rings. The number of anilines is 2. The molecule has 45 heavy (non-hydrogen) atoms. The quantitative estimate of drug-likeness (QED) is 0.260. The Balaban J connectivity index is 0.000000231. The monoisotopic (exact) mass is 644 g/mol. The topological polar surface area (TPSA) is 121 Å². The van der Waals surface area contributed by atoms with Gasteiger partial charge in [0.1, 0.15) is 11.6 Å². The van der Waals surface area contributed by atoms with E-state index in [1.807, 2.05) is 21.9 Å². The largest absolute Gasteiger partial charge is 0.394 e. The summed E-state index contributed by atoms with van der Waals surface area (Å²) in [7, 11) is 0. The number of benzene rings is 3. The molecule has 2 heterocycles. The lowest BCUT2D eigenvalue weighted by atomic mass is 10.1. The summed E-state index contributed by atoms with van der Waals surface area (Å²) in [5.74, 6) is -0.982. The molecule has 0 radical (unpaired) electrons. The smallest absolute Gasteiger partial charge is 0.244 e. The zero-order valence-corrected chi connectivity index (χ0v) is 25.6. The summed E-state index contributed by atoms with van der Waals surface area (Å²) in [4.78, 5) is 16.1. The molecule has 0 bridgehead atoms. The number of aliphatic hydroxyl groups is 2. The lowest BCUT2D eigenvalue weighted by Crippen LogP contribution is -2.37. The van der Waals surface area contributed by atoms with E-state index in [-0.39, 0.29) is 30.8 Å². The Hall–Kier alpha value is -3.58. The lowest BCUT2D eigenvalue weighted by Gasteiger charge is -2.30. The minimum absolute atomic E-state index is 0.145. The Morgan fingerprint density at radius 3 is 1.93 bits per heavy atom. The van der Waals surface area contributed by atoms with Crippen LogP contribution in [0.4, 0.5) is 20.2 Å². The van der Waals surface area contributed by atoms with Crippen molar-refractivity contribution in [1.29, 1.82) is 0 Å². The fourth-order valence-corrected chi connectivity index (χ4v) is 5.13. The number of hydrogen-bond donors (Lipinski definition) is 4.